The molecule has 4 heteroatoms. The van der Waals surface area contributed by atoms with E-state index in [0.717, 1.165) is 0 Å². The van der Waals surface area contributed by atoms with Crippen molar-refractivity contribution in [2.75, 3.05) is 0 Å². The molecular formula is C7H5N3O. The summed E-state index contributed by atoms with van der Waals surface area (Å²) in [7, 11) is 0. The molecular weight excluding hydrogens is 142 g/mol. The first-order valence-corrected chi connectivity index (χ1v) is 3.15. The van der Waals surface area contributed by atoms with Crippen LogP contribution in [0.15, 0.2) is 29.6 Å². The van der Waals surface area contributed by atoms with E-state index in [9.17, 15) is 4.79 Å². The van der Waals surface area contributed by atoms with Crippen LogP contribution in [0.5, 0.6) is 0 Å². The second kappa shape index (κ2) is 2.16. The minimum Gasteiger partial charge on any atom is -0.346 e. The molecule has 0 fully saturated rings. The van der Waals surface area contributed by atoms with E-state index in [1.807, 2.05) is 0 Å². The molecule has 2 heterocycles. The topological polar surface area (TPSA) is 58.6 Å². The lowest BCUT2D eigenvalue weighted by Crippen LogP contribution is -2.01. The Kier molecular flexibility index (Phi) is 1.18. The molecule has 0 unspecified atom stereocenters. The number of rotatable bonds is 0. The van der Waals surface area contributed by atoms with Crippen molar-refractivity contribution in [1.82, 2.24) is 15.0 Å². The number of nitrogens with zero attached hydrogens (tertiary/aromatic N) is 2. The average molecular weight is 147 g/mol. The van der Waals surface area contributed by atoms with E-state index in [4.69, 9.17) is 0 Å². The molecule has 54 valence electrons. The Hall–Kier alpha value is -1.71. The van der Waals surface area contributed by atoms with Gasteiger partial charge in [-0.05, 0) is 0 Å². The zero-order valence-electron chi connectivity index (χ0n) is 5.61. The summed E-state index contributed by atoms with van der Waals surface area (Å²) in [4.78, 5) is 21.5. The minimum absolute atomic E-state index is 0.0562. The minimum atomic E-state index is -0.0562. The van der Waals surface area contributed by atoms with Gasteiger partial charge >= 0.3 is 0 Å². The molecule has 11 heavy (non-hydrogen) atoms. The van der Waals surface area contributed by atoms with Crippen molar-refractivity contribution in [3.63, 3.8) is 0 Å². The summed E-state index contributed by atoms with van der Waals surface area (Å²) in [6, 6.07) is 1.45. The van der Waals surface area contributed by atoms with Gasteiger partial charge < -0.3 is 4.98 Å². The van der Waals surface area contributed by atoms with E-state index in [1.54, 1.807) is 6.20 Å². The van der Waals surface area contributed by atoms with E-state index in [1.165, 1.54) is 18.6 Å². The average Bonchev–Trinajstić information content (AvgIpc) is 2.06. The zero-order valence-corrected chi connectivity index (χ0v) is 5.61. The molecule has 0 aliphatic rings. The number of hydrogen-bond acceptors (Lipinski definition) is 3. The number of nitrogens with one attached hydrogen (secondary N) is 1. The molecule has 0 aliphatic carbocycles. The van der Waals surface area contributed by atoms with Gasteiger partial charge in [-0.1, -0.05) is 0 Å². The van der Waals surface area contributed by atoms with Gasteiger partial charge in [0.1, 0.15) is 12.0 Å². The fraction of sp³-hybridized carbons (Fsp3) is 0. The monoisotopic (exact) mass is 147 g/mol. The van der Waals surface area contributed by atoms with Crippen LogP contribution in [0.1, 0.15) is 0 Å². The fourth-order valence-corrected chi connectivity index (χ4v) is 0.911. The van der Waals surface area contributed by atoms with Gasteiger partial charge in [-0.25, -0.2) is 9.97 Å². The second-order valence-corrected chi connectivity index (χ2v) is 2.13. The predicted molar refractivity (Wildman–Crippen MR) is 40.2 cm³/mol. The van der Waals surface area contributed by atoms with E-state index < -0.39 is 0 Å². The highest BCUT2D eigenvalue weighted by Gasteiger charge is 1.95. The van der Waals surface area contributed by atoms with Gasteiger partial charge in [-0.15, -0.1) is 0 Å². The molecule has 0 aromatic carbocycles. The zero-order chi connectivity index (χ0) is 7.68. The number of pyridine rings is 1. The summed E-state index contributed by atoms with van der Waals surface area (Å²) in [6.45, 7) is 0. The van der Waals surface area contributed by atoms with Crippen LogP contribution in [-0.4, -0.2) is 15.0 Å². The maximum Gasteiger partial charge on any atom is 0.192 e. The third-order valence-electron chi connectivity index (χ3n) is 1.43. The van der Waals surface area contributed by atoms with Crippen molar-refractivity contribution >= 4 is 11.0 Å². The number of H-pyrrole nitrogens is 1. The van der Waals surface area contributed by atoms with Crippen LogP contribution in [0, 0.1) is 0 Å². The first-order chi connectivity index (χ1) is 5.38. The first-order valence-electron chi connectivity index (χ1n) is 3.15. The molecule has 2 rings (SSSR count). The van der Waals surface area contributed by atoms with Crippen molar-refractivity contribution in [2.24, 2.45) is 0 Å². The molecule has 0 spiro atoms. The van der Waals surface area contributed by atoms with Crippen LogP contribution in [0.2, 0.25) is 0 Å². The van der Waals surface area contributed by atoms with Crippen molar-refractivity contribution in [3.8, 4) is 0 Å². The fourth-order valence-electron chi connectivity index (χ4n) is 0.911. The van der Waals surface area contributed by atoms with Crippen LogP contribution < -0.4 is 5.43 Å². The molecule has 0 radical (unpaired) electrons. The maximum absolute atomic E-state index is 11.1. The quantitative estimate of drug-likeness (QED) is 0.583. The van der Waals surface area contributed by atoms with E-state index in [0.29, 0.717) is 11.0 Å². The molecule has 0 saturated carbocycles. The summed E-state index contributed by atoms with van der Waals surface area (Å²) in [5.74, 6) is 0. The predicted octanol–water partition coefficient (Wildman–Crippen LogP) is 0.318. The van der Waals surface area contributed by atoms with Gasteiger partial charge in [-0.2, -0.15) is 0 Å². The van der Waals surface area contributed by atoms with E-state index in [2.05, 4.69) is 15.0 Å². The van der Waals surface area contributed by atoms with Crippen LogP contribution in [-0.2, 0) is 0 Å². The Morgan fingerprint density at radius 1 is 1.45 bits per heavy atom. The number of aromatic nitrogens is 3. The molecule has 0 amide bonds. The van der Waals surface area contributed by atoms with Crippen molar-refractivity contribution in [3.05, 3.63) is 35.0 Å². The van der Waals surface area contributed by atoms with Gasteiger partial charge in [0.05, 0.1) is 5.39 Å². The van der Waals surface area contributed by atoms with Crippen molar-refractivity contribution < 1.29 is 0 Å². The van der Waals surface area contributed by atoms with Gasteiger partial charge in [0.25, 0.3) is 0 Å². The number of hydrogen-bond donors (Lipinski definition) is 1. The molecule has 1 N–H and O–H groups in total. The van der Waals surface area contributed by atoms with Crippen molar-refractivity contribution in [2.45, 2.75) is 0 Å². The summed E-state index contributed by atoms with van der Waals surface area (Å²) in [6.07, 6.45) is 4.47. The smallest absolute Gasteiger partial charge is 0.192 e. The van der Waals surface area contributed by atoms with E-state index >= 15 is 0 Å². The molecule has 0 bridgehead atoms. The summed E-state index contributed by atoms with van der Waals surface area (Å²) < 4.78 is 0. The van der Waals surface area contributed by atoms with Gasteiger partial charge in [-0.3, -0.25) is 4.79 Å². The molecule has 0 aliphatic heterocycles. The van der Waals surface area contributed by atoms with E-state index in [-0.39, 0.29) is 5.43 Å². The summed E-state index contributed by atoms with van der Waals surface area (Å²) >= 11 is 0. The Morgan fingerprint density at radius 3 is 3.18 bits per heavy atom. The largest absolute Gasteiger partial charge is 0.346 e. The molecule has 0 saturated heterocycles. The second-order valence-electron chi connectivity index (χ2n) is 2.13. The Labute approximate surface area is 61.9 Å². The molecule has 4 nitrogen and oxygen atoms in total. The highest BCUT2D eigenvalue weighted by atomic mass is 16.1. The lowest BCUT2D eigenvalue weighted by Gasteiger charge is -1.91. The van der Waals surface area contributed by atoms with Gasteiger partial charge in [0, 0.05) is 18.5 Å². The van der Waals surface area contributed by atoms with Gasteiger partial charge in [0.15, 0.2) is 5.43 Å². The SMILES string of the molecule is O=c1cc[nH]c2ncncc12. The Balaban J connectivity index is 3.03. The van der Waals surface area contributed by atoms with Crippen LogP contribution >= 0.6 is 0 Å². The third kappa shape index (κ3) is 0.881. The van der Waals surface area contributed by atoms with Crippen LogP contribution in [0.25, 0.3) is 11.0 Å². The number of fused-ring (bicyclic) bond motifs is 1. The highest BCUT2D eigenvalue weighted by molar-refractivity contribution is 5.72. The van der Waals surface area contributed by atoms with Crippen molar-refractivity contribution in [1.29, 1.82) is 0 Å². The molecule has 0 atom stereocenters. The maximum atomic E-state index is 11.1. The first kappa shape index (κ1) is 6.03. The highest BCUT2D eigenvalue weighted by Crippen LogP contribution is 1.96. The number of aromatic amines is 1. The Morgan fingerprint density at radius 2 is 2.36 bits per heavy atom. The van der Waals surface area contributed by atoms with Crippen LogP contribution in [0.3, 0.4) is 0 Å². The molecule has 2 aromatic rings. The Bertz CT molecular complexity index is 429. The molecule has 2 aromatic heterocycles. The summed E-state index contributed by atoms with van der Waals surface area (Å²) in [5.41, 5.74) is 0.520. The van der Waals surface area contributed by atoms with Crippen LogP contribution in [0.4, 0.5) is 0 Å². The third-order valence-corrected chi connectivity index (χ3v) is 1.43. The standard InChI is InChI=1S/C7H5N3O/c11-6-1-2-9-7-5(6)3-8-4-10-7/h1-4H,(H,8,9,10,11). The van der Waals surface area contributed by atoms with Gasteiger partial charge in [0.2, 0.25) is 0 Å². The normalized spacial score (nSPS) is 10.2. The lowest BCUT2D eigenvalue weighted by atomic mass is 10.3. The lowest BCUT2D eigenvalue weighted by molar-refractivity contribution is 1.17. The summed E-state index contributed by atoms with van der Waals surface area (Å²) in [5, 5.41) is 0.523.